The quantitative estimate of drug-likeness (QED) is 0.458. The van der Waals surface area contributed by atoms with Crippen LogP contribution in [0.3, 0.4) is 0 Å². The van der Waals surface area contributed by atoms with E-state index < -0.39 is 0 Å². The van der Waals surface area contributed by atoms with Gasteiger partial charge in [-0.05, 0) is 36.0 Å². The molecule has 0 aliphatic heterocycles. The van der Waals surface area contributed by atoms with Crippen LogP contribution in [0.25, 0.3) is 0 Å². The summed E-state index contributed by atoms with van der Waals surface area (Å²) in [4.78, 5) is 0. The Morgan fingerprint density at radius 3 is 1.68 bits per heavy atom. The fourth-order valence-corrected chi connectivity index (χ4v) is 3.71. The Hall–Kier alpha value is 0. The van der Waals surface area contributed by atoms with Crippen LogP contribution < -0.4 is 0 Å². The molecule has 0 aromatic rings. The molecule has 0 saturated heterocycles. The topological polar surface area (TPSA) is 0 Å². The summed E-state index contributed by atoms with van der Waals surface area (Å²) in [7, 11) is 0. The van der Waals surface area contributed by atoms with Gasteiger partial charge in [-0.1, -0.05) is 86.0 Å². The van der Waals surface area contributed by atoms with Crippen molar-refractivity contribution in [2.45, 2.75) is 92.4 Å². The first-order valence-corrected chi connectivity index (χ1v) is 8.99. The van der Waals surface area contributed by atoms with Crippen LogP contribution in [0.15, 0.2) is 0 Å². The second-order valence-electron chi connectivity index (χ2n) is 7.94. The number of hydrogen-bond acceptors (Lipinski definition) is 0. The Balaban J connectivity index is 2.46. The highest BCUT2D eigenvalue weighted by molar-refractivity contribution is 4.68. The SMILES string of the molecule is CC1CCC(C)CC(C)CCCCC(C)C(C)CC1. The lowest BCUT2D eigenvalue weighted by Gasteiger charge is -2.24. The smallest absolute Gasteiger partial charge is 0.0417 e. The third kappa shape index (κ3) is 7.37. The van der Waals surface area contributed by atoms with Crippen molar-refractivity contribution in [2.24, 2.45) is 29.6 Å². The molecule has 5 unspecified atom stereocenters. The molecule has 0 nitrogen and oxygen atoms in total. The van der Waals surface area contributed by atoms with E-state index in [1.807, 2.05) is 0 Å². The van der Waals surface area contributed by atoms with Gasteiger partial charge in [0.2, 0.25) is 0 Å². The zero-order chi connectivity index (χ0) is 14.3. The Morgan fingerprint density at radius 1 is 0.474 bits per heavy atom. The summed E-state index contributed by atoms with van der Waals surface area (Å²) in [5, 5.41) is 0. The van der Waals surface area contributed by atoms with Gasteiger partial charge in [-0.2, -0.15) is 0 Å². The van der Waals surface area contributed by atoms with Crippen LogP contribution in [-0.4, -0.2) is 0 Å². The van der Waals surface area contributed by atoms with Gasteiger partial charge in [0.05, 0.1) is 0 Å². The van der Waals surface area contributed by atoms with Crippen LogP contribution in [0.1, 0.15) is 92.4 Å². The lowest BCUT2D eigenvalue weighted by atomic mass is 9.82. The molecule has 0 radical (unpaired) electrons. The largest absolute Gasteiger partial charge is 0.0625 e. The summed E-state index contributed by atoms with van der Waals surface area (Å²) < 4.78 is 0. The van der Waals surface area contributed by atoms with Gasteiger partial charge in [0.15, 0.2) is 0 Å². The molecule has 0 aromatic heterocycles. The highest BCUT2D eigenvalue weighted by Gasteiger charge is 2.16. The molecule has 19 heavy (non-hydrogen) atoms. The zero-order valence-corrected chi connectivity index (χ0v) is 14.3. The maximum absolute atomic E-state index is 2.48. The summed E-state index contributed by atoms with van der Waals surface area (Å²) in [6.45, 7) is 12.4. The molecule has 1 aliphatic rings. The van der Waals surface area contributed by atoms with Crippen molar-refractivity contribution in [1.29, 1.82) is 0 Å². The fourth-order valence-electron chi connectivity index (χ4n) is 3.71. The number of rotatable bonds is 0. The van der Waals surface area contributed by atoms with Crippen molar-refractivity contribution >= 4 is 0 Å². The Morgan fingerprint density at radius 2 is 0.947 bits per heavy atom. The zero-order valence-electron chi connectivity index (χ0n) is 14.3. The van der Waals surface area contributed by atoms with Crippen molar-refractivity contribution < 1.29 is 0 Å². The predicted molar refractivity (Wildman–Crippen MR) is 87.4 cm³/mol. The van der Waals surface area contributed by atoms with Crippen molar-refractivity contribution in [3.8, 4) is 0 Å². The second-order valence-corrected chi connectivity index (χ2v) is 7.94. The van der Waals surface area contributed by atoms with E-state index in [-0.39, 0.29) is 0 Å². The van der Waals surface area contributed by atoms with E-state index in [0.29, 0.717) is 0 Å². The lowest BCUT2D eigenvalue weighted by molar-refractivity contribution is 0.278. The number of hydrogen-bond donors (Lipinski definition) is 0. The van der Waals surface area contributed by atoms with Crippen LogP contribution >= 0.6 is 0 Å². The van der Waals surface area contributed by atoms with Gasteiger partial charge in [-0.15, -0.1) is 0 Å². The van der Waals surface area contributed by atoms with Crippen LogP contribution in [0.2, 0.25) is 0 Å². The molecule has 1 fully saturated rings. The minimum absolute atomic E-state index is 0.931. The summed E-state index contributed by atoms with van der Waals surface area (Å²) in [5.74, 6) is 4.69. The van der Waals surface area contributed by atoms with E-state index in [1.165, 1.54) is 57.8 Å². The molecule has 0 heteroatoms. The molecule has 0 amide bonds. The van der Waals surface area contributed by atoms with Gasteiger partial charge in [0.1, 0.15) is 0 Å². The van der Waals surface area contributed by atoms with E-state index in [2.05, 4.69) is 34.6 Å². The third-order valence-electron chi connectivity index (χ3n) is 5.65. The first-order valence-electron chi connectivity index (χ1n) is 8.99. The molecular weight excluding hydrogens is 228 g/mol. The lowest BCUT2D eigenvalue weighted by Crippen LogP contribution is -2.12. The normalized spacial score (nSPS) is 40.6. The van der Waals surface area contributed by atoms with E-state index in [0.717, 1.165) is 29.6 Å². The van der Waals surface area contributed by atoms with Gasteiger partial charge in [0, 0.05) is 0 Å². The van der Waals surface area contributed by atoms with Gasteiger partial charge in [-0.25, -0.2) is 0 Å². The van der Waals surface area contributed by atoms with Crippen molar-refractivity contribution in [3.05, 3.63) is 0 Å². The monoisotopic (exact) mass is 266 g/mol. The van der Waals surface area contributed by atoms with Crippen LogP contribution in [0.4, 0.5) is 0 Å². The van der Waals surface area contributed by atoms with Gasteiger partial charge >= 0.3 is 0 Å². The van der Waals surface area contributed by atoms with E-state index in [4.69, 9.17) is 0 Å². The second kappa shape index (κ2) is 9.03. The van der Waals surface area contributed by atoms with Gasteiger partial charge in [-0.3, -0.25) is 0 Å². The Labute approximate surface area is 122 Å². The molecule has 0 bridgehead atoms. The molecule has 1 rings (SSSR count). The molecule has 114 valence electrons. The molecule has 1 aliphatic carbocycles. The third-order valence-corrected chi connectivity index (χ3v) is 5.65. The highest BCUT2D eigenvalue weighted by atomic mass is 14.2. The minimum atomic E-state index is 0.931. The average molecular weight is 267 g/mol. The van der Waals surface area contributed by atoms with Gasteiger partial charge in [0.25, 0.3) is 0 Å². The molecule has 1 saturated carbocycles. The molecule has 0 N–H and O–H groups in total. The first kappa shape index (κ1) is 17.1. The average Bonchev–Trinajstić information content (AvgIpc) is 2.37. The standard InChI is InChI=1S/C19H38/c1-15-10-11-17(3)14-16(2)8-6-7-9-18(4)19(5)13-12-15/h15-19H,6-14H2,1-5H3. The molecule has 5 atom stereocenters. The van der Waals surface area contributed by atoms with Crippen LogP contribution in [0, 0.1) is 29.6 Å². The Bertz CT molecular complexity index is 220. The summed E-state index contributed by atoms with van der Waals surface area (Å²) in [5.41, 5.74) is 0. The highest BCUT2D eigenvalue weighted by Crippen LogP contribution is 2.29. The van der Waals surface area contributed by atoms with E-state index >= 15 is 0 Å². The fraction of sp³-hybridized carbons (Fsp3) is 1.00. The summed E-state index contributed by atoms with van der Waals surface area (Å²) >= 11 is 0. The Kier molecular flexibility index (Phi) is 8.11. The molecular formula is C19H38. The van der Waals surface area contributed by atoms with Crippen molar-refractivity contribution in [1.82, 2.24) is 0 Å². The summed E-state index contributed by atoms with van der Waals surface area (Å²) in [6.07, 6.45) is 13.1. The predicted octanol–water partition coefficient (Wildman–Crippen LogP) is 6.69. The van der Waals surface area contributed by atoms with Crippen LogP contribution in [0.5, 0.6) is 0 Å². The van der Waals surface area contributed by atoms with Gasteiger partial charge < -0.3 is 0 Å². The van der Waals surface area contributed by atoms with Crippen molar-refractivity contribution in [3.63, 3.8) is 0 Å². The molecule has 0 heterocycles. The molecule has 0 aromatic carbocycles. The molecule has 0 spiro atoms. The summed E-state index contributed by atoms with van der Waals surface area (Å²) in [6, 6.07) is 0. The van der Waals surface area contributed by atoms with E-state index in [9.17, 15) is 0 Å². The maximum atomic E-state index is 2.48. The first-order chi connectivity index (χ1) is 8.99. The minimum Gasteiger partial charge on any atom is -0.0625 e. The maximum Gasteiger partial charge on any atom is -0.0417 e. The van der Waals surface area contributed by atoms with E-state index in [1.54, 1.807) is 0 Å². The van der Waals surface area contributed by atoms with Crippen molar-refractivity contribution in [2.75, 3.05) is 0 Å². The van der Waals surface area contributed by atoms with Crippen LogP contribution in [-0.2, 0) is 0 Å².